The van der Waals surface area contributed by atoms with Gasteiger partial charge >= 0.3 is 0 Å². The normalized spacial score (nSPS) is 12.3. The fourth-order valence-electron chi connectivity index (χ4n) is 1.97. The summed E-state index contributed by atoms with van der Waals surface area (Å²) in [4.78, 5) is 6.47. The van der Waals surface area contributed by atoms with E-state index in [1.807, 2.05) is 35.2 Å². The molecule has 4 nitrogen and oxygen atoms in total. The van der Waals surface area contributed by atoms with Crippen molar-refractivity contribution in [2.75, 3.05) is 6.54 Å². The van der Waals surface area contributed by atoms with E-state index in [4.69, 9.17) is 0 Å². The molecule has 3 aromatic rings. The van der Waals surface area contributed by atoms with Crippen LogP contribution in [0.15, 0.2) is 57.3 Å². The van der Waals surface area contributed by atoms with Crippen LogP contribution in [-0.2, 0) is 0 Å². The summed E-state index contributed by atoms with van der Waals surface area (Å²) < 4.78 is 1.83. The Morgan fingerprint density at radius 1 is 1.18 bits per heavy atom. The van der Waals surface area contributed by atoms with Gasteiger partial charge in [0.15, 0.2) is 0 Å². The number of thiophene rings is 1. The predicted molar refractivity (Wildman–Crippen MR) is 92.8 cm³/mol. The van der Waals surface area contributed by atoms with E-state index in [0.717, 1.165) is 15.4 Å². The van der Waals surface area contributed by atoms with Crippen LogP contribution in [0.25, 0.3) is 10.6 Å². The van der Waals surface area contributed by atoms with Crippen LogP contribution < -0.4 is 4.80 Å². The summed E-state index contributed by atoms with van der Waals surface area (Å²) in [6, 6.07) is 11.2. The molecule has 112 valence electrons. The molecule has 0 amide bonds. The monoisotopic (exact) mass is 329 g/mol. The van der Waals surface area contributed by atoms with Crippen LogP contribution in [0.5, 0.6) is 5.75 Å². The maximum absolute atomic E-state index is 9.85. The van der Waals surface area contributed by atoms with Crippen molar-refractivity contribution in [3.8, 4) is 16.3 Å². The van der Waals surface area contributed by atoms with Crippen LogP contribution in [0.1, 0.15) is 12.5 Å². The van der Waals surface area contributed by atoms with Gasteiger partial charge in [0, 0.05) is 17.5 Å². The number of phenols is 1. The predicted octanol–water partition coefficient (Wildman–Crippen LogP) is 3.79. The van der Waals surface area contributed by atoms with E-state index < -0.39 is 0 Å². The largest absolute Gasteiger partial charge is 0.507 e. The molecule has 0 radical (unpaired) electrons. The Hall–Kier alpha value is -2.18. The number of nitrogens with zero attached hydrogens (tertiary/aromatic N) is 3. The van der Waals surface area contributed by atoms with Gasteiger partial charge in [-0.2, -0.15) is 5.10 Å². The number of rotatable bonds is 4. The highest BCUT2D eigenvalue weighted by molar-refractivity contribution is 7.14. The number of hydrogen-bond donors (Lipinski definition) is 1. The first-order chi connectivity index (χ1) is 10.8. The first-order valence-electron chi connectivity index (χ1n) is 6.87. The van der Waals surface area contributed by atoms with E-state index in [1.54, 1.807) is 41.0 Å². The van der Waals surface area contributed by atoms with E-state index in [9.17, 15) is 5.11 Å². The minimum atomic E-state index is 0.216. The molecule has 1 N–H and O–H groups in total. The summed E-state index contributed by atoms with van der Waals surface area (Å²) in [6.07, 6.45) is 1.66. The van der Waals surface area contributed by atoms with Gasteiger partial charge < -0.3 is 5.11 Å². The minimum absolute atomic E-state index is 0.216. The van der Waals surface area contributed by atoms with Crippen LogP contribution in [0.3, 0.4) is 0 Å². The standard InChI is InChI=1S/C16H15N3OS2/c1-2-17-16-19(13(11-22-16)15-8-5-9-21-15)18-10-12-6-3-4-7-14(12)20/h3-11,20H,2H2,1H3. The molecule has 0 saturated carbocycles. The molecule has 0 atom stereocenters. The second-order valence-electron chi connectivity index (χ2n) is 4.47. The number of aromatic hydroxyl groups is 1. The fraction of sp³-hybridized carbons (Fsp3) is 0.125. The molecule has 2 heterocycles. The minimum Gasteiger partial charge on any atom is -0.507 e. The lowest BCUT2D eigenvalue weighted by molar-refractivity contribution is 0.474. The number of aromatic nitrogens is 1. The molecule has 1 aromatic carbocycles. The van der Waals surface area contributed by atoms with Gasteiger partial charge in [0.1, 0.15) is 5.75 Å². The van der Waals surface area contributed by atoms with Crippen molar-refractivity contribution in [3.63, 3.8) is 0 Å². The smallest absolute Gasteiger partial charge is 0.206 e. The molecule has 22 heavy (non-hydrogen) atoms. The highest BCUT2D eigenvalue weighted by Gasteiger charge is 2.08. The van der Waals surface area contributed by atoms with Crippen LogP contribution in [-0.4, -0.2) is 22.5 Å². The van der Waals surface area contributed by atoms with E-state index in [0.29, 0.717) is 12.1 Å². The Balaban J connectivity index is 2.07. The second-order valence-corrected chi connectivity index (χ2v) is 6.25. The van der Waals surface area contributed by atoms with Crippen LogP contribution in [0.2, 0.25) is 0 Å². The van der Waals surface area contributed by atoms with Crippen molar-refractivity contribution < 1.29 is 5.11 Å². The molecule has 0 saturated heterocycles. The summed E-state index contributed by atoms with van der Waals surface area (Å²) in [5, 5.41) is 18.5. The van der Waals surface area contributed by atoms with Gasteiger partial charge in [-0.25, -0.2) is 4.68 Å². The van der Waals surface area contributed by atoms with Gasteiger partial charge in [-0.15, -0.1) is 22.7 Å². The summed E-state index contributed by atoms with van der Waals surface area (Å²) in [7, 11) is 0. The SMILES string of the molecule is CCN=c1scc(-c2cccs2)n1N=Cc1ccccc1O. The molecule has 0 aliphatic carbocycles. The molecule has 0 unspecified atom stereocenters. The Morgan fingerprint density at radius 2 is 2.05 bits per heavy atom. The summed E-state index contributed by atoms with van der Waals surface area (Å²) >= 11 is 3.23. The Bertz CT molecular complexity index is 844. The zero-order chi connectivity index (χ0) is 15.4. The fourth-order valence-corrected chi connectivity index (χ4v) is 3.66. The van der Waals surface area contributed by atoms with Crippen molar-refractivity contribution >= 4 is 28.9 Å². The number of hydrogen-bond acceptors (Lipinski definition) is 5. The molecule has 0 aliphatic heterocycles. The molecule has 3 rings (SSSR count). The third-order valence-corrected chi connectivity index (χ3v) is 4.75. The van der Waals surface area contributed by atoms with Crippen LogP contribution >= 0.6 is 22.7 Å². The van der Waals surface area contributed by atoms with Crippen molar-refractivity contribution in [2.45, 2.75) is 6.92 Å². The number of para-hydroxylation sites is 1. The lowest BCUT2D eigenvalue weighted by Gasteiger charge is -2.01. The molecule has 0 bridgehead atoms. The van der Waals surface area contributed by atoms with Crippen LogP contribution in [0.4, 0.5) is 0 Å². The molecule has 0 spiro atoms. The zero-order valence-electron chi connectivity index (χ0n) is 12.0. The molecular formula is C16H15N3OS2. The maximum atomic E-state index is 9.85. The highest BCUT2D eigenvalue weighted by atomic mass is 32.1. The van der Waals surface area contributed by atoms with Crippen molar-refractivity contribution in [3.05, 3.63) is 57.5 Å². The van der Waals surface area contributed by atoms with Crippen LogP contribution in [0, 0.1) is 0 Å². The van der Waals surface area contributed by atoms with Gasteiger partial charge in [0.25, 0.3) is 0 Å². The van der Waals surface area contributed by atoms with Gasteiger partial charge in [-0.3, -0.25) is 4.99 Å². The third kappa shape index (κ3) is 3.03. The van der Waals surface area contributed by atoms with Crippen molar-refractivity contribution in [1.82, 2.24) is 4.68 Å². The number of thiazole rings is 1. The lowest BCUT2D eigenvalue weighted by Crippen LogP contribution is -2.12. The second kappa shape index (κ2) is 6.72. The van der Waals surface area contributed by atoms with Gasteiger partial charge in [0.05, 0.1) is 16.8 Å². The quantitative estimate of drug-likeness (QED) is 0.728. The first kappa shape index (κ1) is 14.7. The zero-order valence-corrected chi connectivity index (χ0v) is 13.6. The lowest BCUT2D eigenvalue weighted by atomic mass is 10.2. The summed E-state index contributed by atoms with van der Waals surface area (Å²) in [5.41, 5.74) is 1.69. The molecule has 6 heteroatoms. The average molecular weight is 329 g/mol. The molecule has 0 aliphatic rings. The van der Waals surface area contributed by atoms with Gasteiger partial charge in [-0.1, -0.05) is 18.2 Å². The first-order valence-corrected chi connectivity index (χ1v) is 8.62. The maximum Gasteiger partial charge on any atom is 0.206 e. The molecular weight excluding hydrogens is 314 g/mol. The van der Waals surface area contributed by atoms with E-state index in [2.05, 4.69) is 21.5 Å². The van der Waals surface area contributed by atoms with E-state index in [1.165, 1.54) is 0 Å². The number of phenolic OH excluding ortho intramolecular Hbond substituents is 1. The van der Waals surface area contributed by atoms with Crippen molar-refractivity contribution in [2.24, 2.45) is 10.1 Å². The summed E-state index contributed by atoms with van der Waals surface area (Å²) in [6.45, 7) is 2.71. The molecule has 2 aromatic heterocycles. The molecule has 0 fully saturated rings. The topological polar surface area (TPSA) is 49.9 Å². The van der Waals surface area contributed by atoms with Gasteiger partial charge in [0.2, 0.25) is 4.80 Å². The average Bonchev–Trinajstić information content (AvgIpc) is 3.16. The van der Waals surface area contributed by atoms with Gasteiger partial charge in [-0.05, 0) is 30.5 Å². The Morgan fingerprint density at radius 3 is 2.77 bits per heavy atom. The highest BCUT2D eigenvalue weighted by Crippen LogP contribution is 2.25. The number of benzene rings is 1. The van der Waals surface area contributed by atoms with E-state index >= 15 is 0 Å². The Labute approximate surface area is 136 Å². The van der Waals surface area contributed by atoms with Crippen molar-refractivity contribution in [1.29, 1.82) is 0 Å². The third-order valence-electron chi connectivity index (χ3n) is 3.00. The summed E-state index contributed by atoms with van der Waals surface area (Å²) in [5.74, 6) is 0.216. The van der Waals surface area contributed by atoms with E-state index in [-0.39, 0.29) is 5.75 Å². The Kier molecular flexibility index (Phi) is 4.50.